The Morgan fingerprint density at radius 3 is 3.04 bits per heavy atom. The number of carbonyl (C=O) groups excluding carboxylic acids is 1. The van der Waals surface area contributed by atoms with Crippen molar-refractivity contribution in [2.24, 2.45) is 5.92 Å². The third-order valence-electron chi connectivity index (χ3n) is 4.09. The van der Waals surface area contributed by atoms with E-state index in [2.05, 4.69) is 15.5 Å². The van der Waals surface area contributed by atoms with E-state index < -0.39 is 0 Å². The van der Waals surface area contributed by atoms with Crippen LogP contribution < -0.4 is 15.8 Å². The highest BCUT2D eigenvalue weighted by Crippen LogP contribution is 2.23. The highest BCUT2D eigenvalue weighted by Gasteiger charge is 2.26. The Kier molecular flexibility index (Phi) is 4.41. The number of carbonyl (C=O) groups is 1. The van der Waals surface area contributed by atoms with Crippen molar-refractivity contribution < 1.29 is 4.79 Å². The van der Waals surface area contributed by atoms with Crippen LogP contribution in [0.15, 0.2) is 41.3 Å². The van der Waals surface area contributed by atoms with E-state index in [0.717, 1.165) is 36.3 Å². The zero-order chi connectivity index (χ0) is 16.2. The molecule has 0 saturated carbocycles. The summed E-state index contributed by atoms with van der Waals surface area (Å²) in [4.78, 5) is 25.9. The molecule has 1 aromatic carbocycles. The topological polar surface area (TPSA) is 78.1 Å². The van der Waals surface area contributed by atoms with E-state index in [1.165, 1.54) is 6.07 Å². The Labute approximate surface area is 134 Å². The molecule has 6 nitrogen and oxygen atoms in total. The smallest absolute Gasteiger partial charge is 0.266 e. The van der Waals surface area contributed by atoms with Crippen LogP contribution in [-0.4, -0.2) is 29.2 Å². The highest BCUT2D eigenvalue weighted by molar-refractivity contribution is 5.93. The third kappa shape index (κ3) is 3.77. The minimum Gasteiger partial charge on any atom is -0.369 e. The molecular weight excluding hydrogens is 292 g/mol. The van der Waals surface area contributed by atoms with E-state index in [-0.39, 0.29) is 17.4 Å². The van der Waals surface area contributed by atoms with E-state index >= 15 is 0 Å². The number of nitrogens with one attached hydrogen (secondary N) is 2. The second kappa shape index (κ2) is 6.64. The van der Waals surface area contributed by atoms with Gasteiger partial charge in [0, 0.05) is 24.8 Å². The summed E-state index contributed by atoms with van der Waals surface area (Å²) in [5.74, 6) is -0.0679. The number of anilines is 2. The molecule has 0 spiro atoms. The number of H-pyrrole nitrogens is 1. The first-order valence-corrected chi connectivity index (χ1v) is 7.79. The lowest BCUT2D eigenvalue weighted by molar-refractivity contribution is -0.120. The highest BCUT2D eigenvalue weighted by atomic mass is 16.2. The van der Waals surface area contributed by atoms with Gasteiger partial charge in [-0.3, -0.25) is 9.59 Å². The minimum atomic E-state index is -0.228. The molecule has 1 saturated heterocycles. The first-order chi connectivity index (χ1) is 11.1. The van der Waals surface area contributed by atoms with E-state index in [0.29, 0.717) is 6.54 Å². The van der Waals surface area contributed by atoms with Crippen LogP contribution in [-0.2, 0) is 4.79 Å². The van der Waals surface area contributed by atoms with Crippen LogP contribution in [0.3, 0.4) is 0 Å². The molecule has 0 bridgehead atoms. The van der Waals surface area contributed by atoms with E-state index in [1.807, 2.05) is 36.1 Å². The van der Waals surface area contributed by atoms with E-state index in [9.17, 15) is 9.59 Å². The number of amides is 1. The Balaban J connectivity index is 1.68. The molecule has 2 heterocycles. The fraction of sp³-hybridized carbons (Fsp3) is 0.353. The van der Waals surface area contributed by atoms with Gasteiger partial charge in [0.2, 0.25) is 5.91 Å². The lowest BCUT2D eigenvalue weighted by Crippen LogP contribution is -2.41. The third-order valence-corrected chi connectivity index (χ3v) is 4.09. The largest absolute Gasteiger partial charge is 0.369 e. The molecule has 0 radical (unpaired) electrons. The van der Waals surface area contributed by atoms with Crippen LogP contribution in [0.1, 0.15) is 18.4 Å². The SMILES string of the molecule is Cc1cccc(NC(=O)[C@H]2CCCN(c3cn[nH]c(=O)c3)C2)c1. The summed E-state index contributed by atoms with van der Waals surface area (Å²) < 4.78 is 0. The second-order valence-corrected chi connectivity index (χ2v) is 5.95. The summed E-state index contributed by atoms with van der Waals surface area (Å²) >= 11 is 0. The lowest BCUT2D eigenvalue weighted by atomic mass is 9.96. The first kappa shape index (κ1) is 15.3. The fourth-order valence-corrected chi connectivity index (χ4v) is 2.93. The van der Waals surface area contributed by atoms with Crippen LogP contribution in [0, 0.1) is 12.8 Å². The number of piperidine rings is 1. The molecule has 0 aliphatic carbocycles. The lowest BCUT2D eigenvalue weighted by Gasteiger charge is -2.33. The van der Waals surface area contributed by atoms with Gasteiger partial charge >= 0.3 is 0 Å². The van der Waals surface area contributed by atoms with Crippen LogP contribution in [0.2, 0.25) is 0 Å². The molecule has 0 unspecified atom stereocenters. The van der Waals surface area contributed by atoms with Gasteiger partial charge in [-0.1, -0.05) is 12.1 Å². The molecule has 1 aliphatic rings. The molecule has 1 aromatic heterocycles. The number of aromatic amines is 1. The van der Waals surface area contributed by atoms with Gasteiger partial charge in [0.05, 0.1) is 17.8 Å². The van der Waals surface area contributed by atoms with Gasteiger partial charge in [-0.15, -0.1) is 0 Å². The van der Waals surface area contributed by atoms with Gasteiger partial charge in [-0.25, -0.2) is 5.10 Å². The van der Waals surface area contributed by atoms with Gasteiger partial charge < -0.3 is 10.2 Å². The van der Waals surface area contributed by atoms with Crippen molar-refractivity contribution in [2.45, 2.75) is 19.8 Å². The predicted octanol–water partition coefficient (Wildman–Crippen LogP) is 1.93. The second-order valence-electron chi connectivity index (χ2n) is 5.95. The molecule has 23 heavy (non-hydrogen) atoms. The summed E-state index contributed by atoms with van der Waals surface area (Å²) in [6.45, 7) is 3.43. The number of hydrogen-bond donors (Lipinski definition) is 2. The number of benzene rings is 1. The molecule has 1 amide bonds. The van der Waals surface area contributed by atoms with Crippen molar-refractivity contribution in [3.8, 4) is 0 Å². The Morgan fingerprint density at radius 2 is 2.26 bits per heavy atom. The number of hydrogen-bond acceptors (Lipinski definition) is 4. The van der Waals surface area contributed by atoms with Crippen molar-refractivity contribution in [3.05, 3.63) is 52.4 Å². The molecule has 2 N–H and O–H groups in total. The number of aromatic nitrogens is 2. The summed E-state index contributed by atoms with van der Waals surface area (Å²) in [6.07, 6.45) is 3.39. The zero-order valence-electron chi connectivity index (χ0n) is 13.1. The van der Waals surface area contributed by atoms with Crippen molar-refractivity contribution in [1.82, 2.24) is 10.2 Å². The van der Waals surface area contributed by atoms with Crippen LogP contribution in [0.4, 0.5) is 11.4 Å². The standard InChI is InChI=1S/C17H20N4O2/c1-12-4-2-6-14(8-12)19-17(23)13-5-3-7-21(11-13)15-9-16(22)20-18-10-15/h2,4,6,8-10,13H,3,5,7,11H2,1H3,(H,19,23)(H,20,22)/t13-/m0/s1. The monoisotopic (exact) mass is 312 g/mol. The molecule has 3 rings (SSSR count). The fourth-order valence-electron chi connectivity index (χ4n) is 2.93. The number of rotatable bonds is 3. The molecule has 1 atom stereocenters. The normalized spacial score (nSPS) is 17.8. The van der Waals surface area contributed by atoms with Crippen LogP contribution in [0.25, 0.3) is 0 Å². The summed E-state index contributed by atoms with van der Waals surface area (Å²) in [6, 6.07) is 9.30. The summed E-state index contributed by atoms with van der Waals surface area (Å²) in [5, 5.41) is 9.18. The van der Waals surface area contributed by atoms with Gasteiger partial charge in [0.15, 0.2) is 0 Å². The molecular formula is C17H20N4O2. The quantitative estimate of drug-likeness (QED) is 0.908. The summed E-state index contributed by atoms with van der Waals surface area (Å²) in [5.41, 5.74) is 2.48. The van der Waals surface area contributed by atoms with Gasteiger partial charge in [-0.05, 0) is 37.5 Å². The van der Waals surface area contributed by atoms with Gasteiger partial charge in [0.1, 0.15) is 0 Å². The molecule has 2 aromatic rings. The average molecular weight is 312 g/mol. The van der Waals surface area contributed by atoms with Gasteiger partial charge in [-0.2, -0.15) is 5.10 Å². The molecule has 6 heteroatoms. The number of nitrogens with zero attached hydrogens (tertiary/aromatic N) is 2. The minimum absolute atomic E-state index is 0.0260. The van der Waals surface area contributed by atoms with Crippen molar-refractivity contribution >= 4 is 17.3 Å². The maximum atomic E-state index is 12.5. The van der Waals surface area contributed by atoms with Crippen molar-refractivity contribution in [2.75, 3.05) is 23.3 Å². The summed E-state index contributed by atoms with van der Waals surface area (Å²) in [7, 11) is 0. The zero-order valence-corrected chi connectivity index (χ0v) is 13.1. The van der Waals surface area contributed by atoms with E-state index in [4.69, 9.17) is 0 Å². The Bertz CT molecular complexity index is 756. The van der Waals surface area contributed by atoms with Crippen molar-refractivity contribution in [1.29, 1.82) is 0 Å². The first-order valence-electron chi connectivity index (χ1n) is 7.79. The van der Waals surface area contributed by atoms with Gasteiger partial charge in [0.25, 0.3) is 5.56 Å². The van der Waals surface area contributed by atoms with Crippen LogP contribution >= 0.6 is 0 Å². The van der Waals surface area contributed by atoms with Crippen molar-refractivity contribution in [3.63, 3.8) is 0 Å². The maximum Gasteiger partial charge on any atom is 0.266 e. The molecule has 120 valence electrons. The van der Waals surface area contributed by atoms with E-state index in [1.54, 1.807) is 6.20 Å². The molecule has 1 aliphatic heterocycles. The van der Waals surface area contributed by atoms with Crippen LogP contribution in [0.5, 0.6) is 0 Å². The number of aryl methyl sites for hydroxylation is 1. The predicted molar refractivity (Wildman–Crippen MR) is 89.6 cm³/mol. The maximum absolute atomic E-state index is 12.5. The molecule has 1 fully saturated rings. The Hall–Kier alpha value is -2.63. The Morgan fingerprint density at radius 1 is 1.39 bits per heavy atom. The average Bonchev–Trinajstić information content (AvgIpc) is 2.55.